The molecule has 2 aliphatic rings. The first-order valence-corrected chi connectivity index (χ1v) is 6.88. The minimum Gasteiger partial charge on any atom is -0.313 e. The lowest BCUT2D eigenvalue weighted by molar-refractivity contribution is 0.217. The van der Waals surface area contributed by atoms with Gasteiger partial charge in [0.25, 0.3) is 0 Å². The highest BCUT2D eigenvalue weighted by molar-refractivity contribution is 4.95. The Kier molecular flexibility index (Phi) is 3.39. The van der Waals surface area contributed by atoms with Crippen LogP contribution in [0.15, 0.2) is 0 Å². The van der Waals surface area contributed by atoms with Crippen molar-refractivity contribution >= 4 is 0 Å². The Hall–Kier alpha value is -0.0400. The molecule has 2 saturated carbocycles. The Morgan fingerprint density at radius 3 is 2.47 bits per heavy atom. The summed E-state index contributed by atoms with van der Waals surface area (Å²) >= 11 is 0. The number of rotatable bonds is 4. The van der Waals surface area contributed by atoms with Gasteiger partial charge in [0, 0.05) is 12.6 Å². The van der Waals surface area contributed by atoms with Gasteiger partial charge < -0.3 is 5.32 Å². The Balaban J connectivity index is 1.75. The molecular weight excluding hydrogens is 182 g/mol. The molecule has 1 heteroatoms. The Morgan fingerprint density at radius 2 is 1.93 bits per heavy atom. The van der Waals surface area contributed by atoms with Crippen LogP contribution in [0.1, 0.15) is 59.3 Å². The van der Waals surface area contributed by atoms with Crippen LogP contribution in [0.2, 0.25) is 0 Å². The summed E-state index contributed by atoms with van der Waals surface area (Å²) in [5.41, 5.74) is 0.711. The first-order chi connectivity index (χ1) is 7.15. The Labute approximate surface area is 95.0 Å². The lowest BCUT2D eigenvalue weighted by Gasteiger charge is -2.34. The van der Waals surface area contributed by atoms with Gasteiger partial charge in [0.2, 0.25) is 0 Å². The highest BCUT2D eigenvalue weighted by atomic mass is 14.9. The molecule has 0 spiro atoms. The SMILES string of the molecule is CCC1(CNC2CCC(C)CC2C)CC1. The van der Waals surface area contributed by atoms with Gasteiger partial charge in [0.15, 0.2) is 0 Å². The van der Waals surface area contributed by atoms with E-state index in [9.17, 15) is 0 Å². The second kappa shape index (κ2) is 4.45. The van der Waals surface area contributed by atoms with E-state index in [1.807, 2.05) is 0 Å². The summed E-state index contributed by atoms with van der Waals surface area (Å²) in [4.78, 5) is 0. The molecule has 2 fully saturated rings. The molecule has 1 N–H and O–H groups in total. The Bertz CT molecular complexity index is 207. The third kappa shape index (κ3) is 2.75. The van der Waals surface area contributed by atoms with Crippen LogP contribution in [0.3, 0.4) is 0 Å². The van der Waals surface area contributed by atoms with Gasteiger partial charge in [-0.2, -0.15) is 0 Å². The lowest BCUT2D eigenvalue weighted by atomic mass is 9.79. The number of hydrogen-bond acceptors (Lipinski definition) is 1. The third-order valence-electron chi connectivity index (χ3n) is 4.88. The largest absolute Gasteiger partial charge is 0.313 e. The number of hydrogen-bond donors (Lipinski definition) is 1. The molecule has 0 aliphatic heterocycles. The van der Waals surface area contributed by atoms with Crippen molar-refractivity contribution in [3.05, 3.63) is 0 Å². The minimum atomic E-state index is 0.711. The van der Waals surface area contributed by atoms with Gasteiger partial charge in [0.05, 0.1) is 0 Å². The highest BCUT2D eigenvalue weighted by Crippen LogP contribution is 2.48. The van der Waals surface area contributed by atoms with Crippen molar-refractivity contribution in [2.75, 3.05) is 6.54 Å². The molecular formula is C14H27N. The molecule has 0 aromatic carbocycles. The second-order valence-electron chi connectivity index (χ2n) is 6.24. The lowest BCUT2D eigenvalue weighted by Crippen LogP contribution is -2.41. The fraction of sp³-hybridized carbons (Fsp3) is 1.00. The quantitative estimate of drug-likeness (QED) is 0.746. The van der Waals surface area contributed by atoms with Gasteiger partial charge in [-0.1, -0.05) is 20.8 Å². The summed E-state index contributed by atoms with van der Waals surface area (Å²) < 4.78 is 0. The molecule has 3 atom stereocenters. The van der Waals surface area contributed by atoms with E-state index < -0.39 is 0 Å². The van der Waals surface area contributed by atoms with E-state index in [-0.39, 0.29) is 0 Å². The first-order valence-electron chi connectivity index (χ1n) is 6.88. The van der Waals surface area contributed by atoms with Gasteiger partial charge >= 0.3 is 0 Å². The molecule has 1 nitrogen and oxygen atoms in total. The molecule has 0 heterocycles. The maximum absolute atomic E-state index is 3.85. The summed E-state index contributed by atoms with van der Waals surface area (Å²) in [7, 11) is 0. The maximum Gasteiger partial charge on any atom is 0.00931 e. The zero-order chi connectivity index (χ0) is 10.9. The molecule has 0 amide bonds. The van der Waals surface area contributed by atoms with E-state index >= 15 is 0 Å². The standard InChI is InChI=1S/C14H27N/c1-4-14(7-8-14)10-15-13-6-5-11(2)9-12(13)3/h11-13,15H,4-10H2,1-3H3. The van der Waals surface area contributed by atoms with Crippen molar-refractivity contribution in [1.82, 2.24) is 5.32 Å². The maximum atomic E-state index is 3.85. The van der Waals surface area contributed by atoms with Gasteiger partial charge in [-0.05, 0) is 55.8 Å². The van der Waals surface area contributed by atoms with Crippen molar-refractivity contribution in [1.29, 1.82) is 0 Å². The molecule has 0 aromatic rings. The summed E-state index contributed by atoms with van der Waals surface area (Å²) in [5.74, 6) is 1.85. The van der Waals surface area contributed by atoms with E-state index in [1.54, 1.807) is 0 Å². The van der Waals surface area contributed by atoms with Crippen molar-refractivity contribution in [2.24, 2.45) is 17.3 Å². The van der Waals surface area contributed by atoms with Crippen molar-refractivity contribution in [2.45, 2.75) is 65.3 Å². The Morgan fingerprint density at radius 1 is 1.20 bits per heavy atom. The molecule has 2 rings (SSSR count). The molecule has 0 aromatic heterocycles. The van der Waals surface area contributed by atoms with Crippen LogP contribution < -0.4 is 5.32 Å². The first kappa shape index (κ1) is 11.4. The van der Waals surface area contributed by atoms with Gasteiger partial charge in [-0.15, -0.1) is 0 Å². The molecule has 15 heavy (non-hydrogen) atoms. The van der Waals surface area contributed by atoms with E-state index in [1.165, 1.54) is 45.1 Å². The summed E-state index contributed by atoms with van der Waals surface area (Å²) in [6.45, 7) is 8.47. The zero-order valence-corrected chi connectivity index (χ0v) is 10.7. The predicted molar refractivity (Wildman–Crippen MR) is 65.9 cm³/mol. The van der Waals surface area contributed by atoms with Crippen LogP contribution >= 0.6 is 0 Å². The van der Waals surface area contributed by atoms with Crippen molar-refractivity contribution in [3.8, 4) is 0 Å². The molecule has 88 valence electrons. The molecule has 0 radical (unpaired) electrons. The van der Waals surface area contributed by atoms with Crippen LogP contribution in [0, 0.1) is 17.3 Å². The van der Waals surface area contributed by atoms with E-state index in [4.69, 9.17) is 0 Å². The summed E-state index contributed by atoms with van der Waals surface area (Å²) in [5, 5.41) is 3.85. The average molecular weight is 209 g/mol. The summed E-state index contributed by atoms with van der Waals surface area (Å²) in [6, 6.07) is 0.810. The van der Waals surface area contributed by atoms with Crippen LogP contribution in [0.5, 0.6) is 0 Å². The molecule has 0 bridgehead atoms. The smallest absolute Gasteiger partial charge is 0.00931 e. The topological polar surface area (TPSA) is 12.0 Å². The van der Waals surface area contributed by atoms with Crippen molar-refractivity contribution in [3.63, 3.8) is 0 Å². The third-order valence-corrected chi connectivity index (χ3v) is 4.88. The zero-order valence-electron chi connectivity index (χ0n) is 10.7. The fourth-order valence-corrected chi connectivity index (χ4v) is 3.15. The average Bonchev–Trinajstić information content (AvgIpc) is 2.97. The van der Waals surface area contributed by atoms with E-state index in [0.717, 1.165) is 17.9 Å². The molecule has 3 unspecified atom stereocenters. The number of nitrogens with one attached hydrogen (secondary N) is 1. The van der Waals surface area contributed by atoms with Crippen molar-refractivity contribution < 1.29 is 0 Å². The molecule has 2 aliphatic carbocycles. The monoisotopic (exact) mass is 209 g/mol. The van der Waals surface area contributed by atoms with E-state index in [2.05, 4.69) is 26.1 Å². The summed E-state index contributed by atoms with van der Waals surface area (Å²) in [6.07, 6.45) is 8.57. The van der Waals surface area contributed by atoms with Crippen LogP contribution in [-0.4, -0.2) is 12.6 Å². The predicted octanol–water partition coefficient (Wildman–Crippen LogP) is 3.59. The van der Waals surface area contributed by atoms with Crippen LogP contribution in [0.25, 0.3) is 0 Å². The van der Waals surface area contributed by atoms with E-state index in [0.29, 0.717) is 5.41 Å². The fourth-order valence-electron chi connectivity index (χ4n) is 3.15. The minimum absolute atomic E-state index is 0.711. The van der Waals surface area contributed by atoms with Gasteiger partial charge in [-0.25, -0.2) is 0 Å². The highest BCUT2D eigenvalue weighted by Gasteiger charge is 2.41. The molecule has 0 saturated heterocycles. The van der Waals surface area contributed by atoms with Gasteiger partial charge in [0.1, 0.15) is 0 Å². The second-order valence-corrected chi connectivity index (χ2v) is 6.24. The van der Waals surface area contributed by atoms with Crippen LogP contribution in [0.4, 0.5) is 0 Å². The van der Waals surface area contributed by atoms with Gasteiger partial charge in [-0.3, -0.25) is 0 Å². The van der Waals surface area contributed by atoms with Crippen LogP contribution in [-0.2, 0) is 0 Å². The normalized spacial score (nSPS) is 39.0.